The fourth-order valence-corrected chi connectivity index (χ4v) is 2.56. The maximum Gasteiger partial charge on any atom is 0.146 e. The van der Waals surface area contributed by atoms with Crippen LogP contribution in [0.3, 0.4) is 0 Å². The van der Waals surface area contributed by atoms with Crippen LogP contribution in [0.5, 0.6) is 0 Å². The molecule has 5 heteroatoms. The van der Waals surface area contributed by atoms with Crippen LogP contribution in [0.2, 0.25) is 0 Å². The smallest absolute Gasteiger partial charge is 0.146 e. The molecule has 1 aromatic rings. The highest BCUT2D eigenvalue weighted by molar-refractivity contribution is 9.10. The third-order valence-corrected chi connectivity index (χ3v) is 3.66. The van der Waals surface area contributed by atoms with E-state index in [-0.39, 0.29) is 5.60 Å². The summed E-state index contributed by atoms with van der Waals surface area (Å²) in [5, 5.41) is 0. The molecule has 0 aromatic carbocycles. The maximum absolute atomic E-state index is 5.57. The molecule has 0 saturated carbocycles. The number of rotatable bonds is 2. The Balaban J connectivity index is 2.19. The molecule has 0 bridgehead atoms. The van der Waals surface area contributed by atoms with Gasteiger partial charge in [0, 0.05) is 26.4 Å². The Morgan fingerprint density at radius 3 is 3.06 bits per heavy atom. The monoisotopic (exact) mass is 285 g/mol. The summed E-state index contributed by atoms with van der Waals surface area (Å²) in [7, 11) is 1.78. The number of piperidine rings is 1. The summed E-state index contributed by atoms with van der Waals surface area (Å²) < 4.78 is 6.51. The summed E-state index contributed by atoms with van der Waals surface area (Å²) in [6.45, 7) is 4.04. The van der Waals surface area contributed by atoms with Crippen LogP contribution in [0.1, 0.15) is 19.8 Å². The van der Waals surface area contributed by atoms with Crippen LogP contribution in [0, 0.1) is 0 Å². The lowest BCUT2D eigenvalue weighted by Crippen LogP contribution is -2.47. The molecule has 0 spiro atoms. The minimum Gasteiger partial charge on any atom is -0.377 e. The van der Waals surface area contributed by atoms with Crippen molar-refractivity contribution in [1.82, 2.24) is 9.97 Å². The summed E-state index contributed by atoms with van der Waals surface area (Å²) in [5.74, 6) is 0.956. The van der Waals surface area contributed by atoms with E-state index in [0.29, 0.717) is 0 Å². The second kappa shape index (κ2) is 4.67. The number of anilines is 1. The molecule has 0 radical (unpaired) electrons. The van der Waals surface area contributed by atoms with Crippen molar-refractivity contribution in [3.05, 3.63) is 17.0 Å². The van der Waals surface area contributed by atoms with Gasteiger partial charge in [-0.15, -0.1) is 0 Å². The van der Waals surface area contributed by atoms with Crippen LogP contribution in [-0.4, -0.2) is 35.8 Å². The number of aromatic nitrogens is 2. The first-order chi connectivity index (χ1) is 7.64. The molecule has 1 atom stereocenters. The zero-order chi connectivity index (χ0) is 11.6. The van der Waals surface area contributed by atoms with Crippen LogP contribution in [0.15, 0.2) is 17.0 Å². The van der Waals surface area contributed by atoms with Gasteiger partial charge in [-0.3, -0.25) is 0 Å². The first kappa shape index (κ1) is 11.8. The van der Waals surface area contributed by atoms with Crippen LogP contribution in [-0.2, 0) is 4.74 Å². The number of hydrogen-bond donors (Lipinski definition) is 0. The molecule has 1 fully saturated rings. The molecule has 0 aliphatic carbocycles. The van der Waals surface area contributed by atoms with Gasteiger partial charge in [0.2, 0.25) is 0 Å². The predicted molar refractivity (Wildman–Crippen MR) is 66.6 cm³/mol. The van der Waals surface area contributed by atoms with Crippen LogP contribution in [0.4, 0.5) is 5.82 Å². The van der Waals surface area contributed by atoms with E-state index in [1.165, 1.54) is 0 Å². The third-order valence-electron chi connectivity index (χ3n) is 3.10. The van der Waals surface area contributed by atoms with Gasteiger partial charge in [-0.2, -0.15) is 0 Å². The van der Waals surface area contributed by atoms with E-state index in [9.17, 15) is 0 Å². The molecule has 1 unspecified atom stereocenters. The van der Waals surface area contributed by atoms with Gasteiger partial charge < -0.3 is 9.64 Å². The van der Waals surface area contributed by atoms with Gasteiger partial charge in [0.25, 0.3) is 0 Å². The first-order valence-corrected chi connectivity index (χ1v) is 6.19. The van der Waals surface area contributed by atoms with Crippen molar-refractivity contribution in [2.45, 2.75) is 25.4 Å². The Hall–Kier alpha value is -0.680. The highest BCUT2D eigenvalue weighted by Crippen LogP contribution is 2.30. The molecule has 1 aliphatic rings. The normalized spacial score (nSPS) is 25.8. The highest BCUT2D eigenvalue weighted by atomic mass is 79.9. The molecule has 2 rings (SSSR count). The molecule has 1 aromatic heterocycles. The van der Waals surface area contributed by atoms with E-state index in [0.717, 1.165) is 36.2 Å². The van der Waals surface area contributed by atoms with E-state index in [4.69, 9.17) is 4.74 Å². The Labute approximate surface area is 104 Å². The van der Waals surface area contributed by atoms with E-state index in [1.807, 2.05) is 0 Å². The highest BCUT2D eigenvalue weighted by Gasteiger charge is 2.31. The van der Waals surface area contributed by atoms with Crippen LogP contribution in [0.25, 0.3) is 0 Å². The molecule has 1 saturated heterocycles. The van der Waals surface area contributed by atoms with Crippen LogP contribution >= 0.6 is 15.9 Å². The van der Waals surface area contributed by atoms with Crippen molar-refractivity contribution >= 4 is 21.7 Å². The molecule has 4 nitrogen and oxygen atoms in total. The van der Waals surface area contributed by atoms with E-state index in [1.54, 1.807) is 19.6 Å². The molecule has 88 valence electrons. The first-order valence-electron chi connectivity index (χ1n) is 5.40. The van der Waals surface area contributed by atoms with Gasteiger partial charge in [-0.05, 0) is 35.7 Å². The molecule has 16 heavy (non-hydrogen) atoms. The molecule has 0 amide bonds. The number of nitrogens with zero attached hydrogens (tertiary/aromatic N) is 3. The molecular weight excluding hydrogens is 270 g/mol. The average molecular weight is 286 g/mol. The fourth-order valence-electron chi connectivity index (χ4n) is 2.09. The standard InChI is InChI=1S/C11H16BrN3O/c1-11(16-2)4-3-5-15(7-11)10-9(12)6-13-8-14-10/h6,8H,3-5,7H2,1-2H3. The Morgan fingerprint density at radius 1 is 1.56 bits per heavy atom. The number of halogens is 1. The van der Waals surface area contributed by atoms with Gasteiger partial charge in [0.05, 0.1) is 10.1 Å². The second-order valence-electron chi connectivity index (χ2n) is 4.37. The summed E-state index contributed by atoms with van der Waals surface area (Å²) in [6, 6.07) is 0. The maximum atomic E-state index is 5.57. The molecule has 2 heterocycles. The molecular formula is C11H16BrN3O. The van der Waals surface area contributed by atoms with E-state index < -0.39 is 0 Å². The SMILES string of the molecule is COC1(C)CCCN(c2ncncc2Br)C1. The summed E-state index contributed by atoms with van der Waals surface area (Å²) in [5.41, 5.74) is -0.0668. The lowest BCUT2D eigenvalue weighted by Gasteiger charge is -2.40. The Kier molecular flexibility index (Phi) is 3.44. The lowest BCUT2D eigenvalue weighted by atomic mass is 9.95. The van der Waals surface area contributed by atoms with E-state index in [2.05, 4.69) is 37.7 Å². The predicted octanol–water partition coefficient (Wildman–Crippen LogP) is 2.24. The van der Waals surface area contributed by atoms with Crippen molar-refractivity contribution < 1.29 is 4.74 Å². The van der Waals surface area contributed by atoms with Gasteiger partial charge >= 0.3 is 0 Å². The Morgan fingerprint density at radius 2 is 2.38 bits per heavy atom. The summed E-state index contributed by atoms with van der Waals surface area (Å²) in [4.78, 5) is 10.5. The van der Waals surface area contributed by atoms with Gasteiger partial charge in [0.15, 0.2) is 0 Å². The van der Waals surface area contributed by atoms with Gasteiger partial charge in [0.1, 0.15) is 12.1 Å². The quantitative estimate of drug-likeness (QED) is 0.835. The average Bonchev–Trinajstić information content (AvgIpc) is 2.30. The number of hydrogen-bond acceptors (Lipinski definition) is 4. The summed E-state index contributed by atoms with van der Waals surface area (Å²) in [6.07, 6.45) is 5.59. The van der Waals surface area contributed by atoms with Gasteiger partial charge in [-0.25, -0.2) is 9.97 Å². The van der Waals surface area contributed by atoms with E-state index >= 15 is 0 Å². The molecule has 0 N–H and O–H groups in total. The summed E-state index contributed by atoms with van der Waals surface area (Å²) >= 11 is 3.48. The van der Waals surface area contributed by atoms with Crippen molar-refractivity contribution in [2.75, 3.05) is 25.1 Å². The zero-order valence-electron chi connectivity index (χ0n) is 9.61. The van der Waals surface area contributed by atoms with Crippen molar-refractivity contribution in [2.24, 2.45) is 0 Å². The second-order valence-corrected chi connectivity index (χ2v) is 5.23. The van der Waals surface area contributed by atoms with Crippen LogP contribution < -0.4 is 4.90 Å². The number of methoxy groups -OCH3 is 1. The minimum absolute atomic E-state index is 0.0668. The Bertz CT molecular complexity index is 374. The van der Waals surface area contributed by atoms with Gasteiger partial charge in [-0.1, -0.05) is 0 Å². The van der Waals surface area contributed by atoms with Crippen molar-refractivity contribution in [3.63, 3.8) is 0 Å². The zero-order valence-corrected chi connectivity index (χ0v) is 11.2. The largest absolute Gasteiger partial charge is 0.377 e. The molecule has 1 aliphatic heterocycles. The minimum atomic E-state index is -0.0668. The lowest BCUT2D eigenvalue weighted by molar-refractivity contribution is -0.00484. The van der Waals surface area contributed by atoms with Crippen molar-refractivity contribution in [1.29, 1.82) is 0 Å². The van der Waals surface area contributed by atoms with Crippen molar-refractivity contribution in [3.8, 4) is 0 Å². The topological polar surface area (TPSA) is 38.2 Å². The fraction of sp³-hybridized carbons (Fsp3) is 0.636. The third kappa shape index (κ3) is 2.35. The number of ether oxygens (including phenoxy) is 1.